The molecule has 0 bridgehead atoms. The van der Waals surface area contributed by atoms with Crippen molar-refractivity contribution >= 4 is 17.6 Å². The van der Waals surface area contributed by atoms with E-state index in [0.717, 1.165) is 38.4 Å². The Hall–Kier alpha value is -2.13. The van der Waals surface area contributed by atoms with Crippen molar-refractivity contribution in [3.8, 4) is 0 Å². The SMILES string of the molecule is CC[C@@H](C)c1ccc(N=Cc2ccc(N3CCOCC3)cc2C)cc1. The molecule has 0 aliphatic carbocycles. The van der Waals surface area contributed by atoms with E-state index in [1.165, 1.54) is 22.4 Å². The smallest absolute Gasteiger partial charge is 0.0642 e. The summed E-state index contributed by atoms with van der Waals surface area (Å²) in [7, 11) is 0. The van der Waals surface area contributed by atoms with E-state index >= 15 is 0 Å². The molecule has 0 radical (unpaired) electrons. The third-order valence-corrected chi connectivity index (χ3v) is 5.06. The molecule has 0 amide bonds. The molecule has 0 saturated carbocycles. The van der Waals surface area contributed by atoms with Crippen LogP contribution in [0.3, 0.4) is 0 Å². The van der Waals surface area contributed by atoms with E-state index in [9.17, 15) is 0 Å². The van der Waals surface area contributed by atoms with Crippen molar-refractivity contribution < 1.29 is 4.74 Å². The predicted molar refractivity (Wildman–Crippen MR) is 107 cm³/mol. The summed E-state index contributed by atoms with van der Waals surface area (Å²) in [5.74, 6) is 0.605. The van der Waals surface area contributed by atoms with Crippen LogP contribution >= 0.6 is 0 Å². The summed E-state index contributed by atoms with van der Waals surface area (Å²) < 4.78 is 5.43. The van der Waals surface area contributed by atoms with Crippen LogP contribution in [0.2, 0.25) is 0 Å². The summed E-state index contributed by atoms with van der Waals surface area (Å²) in [6, 6.07) is 15.2. The molecule has 132 valence electrons. The van der Waals surface area contributed by atoms with Gasteiger partial charge in [0.05, 0.1) is 18.9 Å². The number of ether oxygens (including phenoxy) is 1. The van der Waals surface area contributed by atoms with Gasteiger partial charge >= 0.3 is 0 Å². The van der Waals surface area contributed by atoms with Gasteiger partial charge in [0.1, 0.15) is 0 Å². The number of anilines is 1. The number of nitrogens with zero attached hydrogens (tertiary/aromatic N) is 2. The summed E-state index contributed by atoms with van der Waals surface area (Å²) in [6.07, 6.45) is 3.13. The van der Waals surface area contributed by atoms with Crippen molar-refractivity contribution in [2.75, 3.05) is 31.2 Å². The van der Waals surface area contributed by atoms with Gasteiger partial charge in [0, 0.05) is 25.0 Å². The predicted octanol–water partition coefficient (Wildman–Crippen LogP) is 5.10. The molecule has 0 unspecified atom stereocenters. The molecule has 1 aliphatic heterocycles. The molecule has 0 spiro atoms. The van der Waals surface area contributed by atoms with Gasteiger partial charge in [-0.2, -0.15) is 0 Å². The maximum Gasteiger partial charge on any atom is 0.0642 e. The molecule has 3 nitrogen and oxygen atoms in total. The molecule has 1 atom stereocenters. The molecular weight excluding hydrogens is 308 g/mol. The second-order valence-electron chi connectivity index (χ2n) is 6.80. The van der Waals surface area contributed by atoms with Crippen LogP contribution in [0.25, 0.3) is 0 Å². The zero-order valence-corrected chi connectivity index (χ0v) is 15.5. The fraction of sp³-hybridized carbons (Fsp3) is 0.409. The Kier molecular flexibility index (Phi) is 5.87. The Labute approximate surface area is 151 Å². The lowest BCUT2D eigenvalue weighted by atomic mass is 9.99. The average Bonchev–Trinajstić information content (AvgIpc) is 2.67. The Morgan fingerprint density at radius 2 is 1.84 bits per heavy atom. The van der Waals surface area contributed by atoms with E-state index in [1.54, 1.807) is 0 Å². The van der Waals surface area contributed by atoms with Gasteiger partial charge in [-0.05, 0) is 60.2 Å². The molecular formula is C22H28N2O. The van der Waals surface area contributed by atoms with Gasteiger partial charge in [0.25, 0.3) is 0 Å². The summed E-state index contributed by atoms with van der Waals surface area (Å²) in [4.78, 5) is 7.03. The minimum Gasteiger partial charge on any atom is -0.378 e. The number of rotatable bonds is 5. The zero-order valence-electron chi connectivity index (χ0n) is 15.5. The number of aliphatic imine (C=N–C) groups is 1. The third kappa shape index (κ3) is 4.49. The summed E-state index contributed by atoms with van der Waals surface area (Å²) >= 11 is 0. The molecule has 1 fully saturated rings. The second-order valence-corrected chi connectivity index (χ2v) is 6.80. The van der Waals surface area contributed by atoms with Gasteiger partial charge in [0.15, 0.2) is 0 Å². The molecule has 2 aromatic carbocycles. The summed E-state index contributed by atoms with van der Waals surface area (Å²) in [6.45, 7) is 10.2. The fourth-order valence-corrected chi connectivity index (χ4v) is 3.09. The Balaban J connectivity index is 1.70. The topological polar surface area (TPSA) is 24.8 Å². The lowest BCUT2D eigenvalue weighted by Crippen LogP contribution is -2.36. The van der Waals surface area contributed by atoms with Crippen molar-refractivity contribution in [1.82, 2.24) is 0 Å². The standard InChI is InChI=1S/C22H28N2O/c1-4-17(2)19-5-8-21(9-6-19)23-16-20-7-10-22(15-18(20)3)24-11-13-25-14-12-24/h5-10,15-17H,4,11-14H2,1-3H3/t17-/m1/s1. The molecule has 2 aromatic rings. The first-order chi connectivity index (χ1) is 12.2. The van der Waals surface area contributed by atoms with Crippen LogP contribution < -0.4 is 4.90 Å². The monoisotopic (exact) mass is 336 g/mol. The number of hydrogen-bond donors (Lipinski definition) is 0. The molecule has 25 heavy (non-hydrogen) atoms. The van der Waals surface area contributed by atoms with Crippen molar-refractivity contribution in [2.24, 2.45) is 4.99 Å². The number of aryl methyl sites for hydroxylation is 1. The normalized spacial score (nSPS) is 16.4. The van der Waals surface area contributed by atoms with E-state index in [4.69, 9.17) is 4.74 Å². The lowest BCUT2D eigenvalue weighted by molar-refractivity contribution is 0.122. The van der Waals surface area contributed by atoms with Gasteiger partial charge in [-0.25, -0.2) is 0 Å². The highest BCUT2D eigenvalue weighted by molar-refractivity contribution is 5.84. The molecule has 3 rings (SSSR count). The van der Waals surface area contributed by atoms with Crippen LogP contribution in [0.1, 0.15) is 42.9 Å². The molecule has 0 aromatic heterocycles. The first-order valence-corrected chi connectivity index (χ1v) is 9.24. The van der Waals surface area contributed by atoms with Crippen LogP contribution in [0, 0.1) is 6.92 Å². The van der Waals surface area contributed by atoms with Gasteiger partial charge in [-0.3, -0.25) is 4.99 Å². The molecule has 1 heterocycles. The minimum atomic E-state index is 0.605. The maximum absolute atomic E-state index is 5.43. The summed E-state index contributed by atoms with van der Waals surface area (Å²) in [5.41, 5.74) is 6.08. The first-order valence-electron chi connectivity index (χ1n) is 9.24. The van der Waals surface area contributed by atoms with E-state index in [2.05, 4.69) is 73.1 Å². The molecule has 1 aliphatic rings. The van der Waals surface area contributed by atoms with Crippen LogP contribution in [0.5, 0.6) is 0 Å². The van der Waals surface area contributed by atoms with Crippen molar-refractivity contribution in [1.29, 1.82) is 0 Å². The largest absolute Gasteiger partial charge is 0.378 e. The van der Waals surface area contributed by atoms with Crippen molar-refractivity contribution in [3.05, 3.63) is 59.2 Å². The van der Waals surface area contributed by atoms with Crippen LogP contribution in [-0.4, -0.2) is 32.5 Å². The first kappa shape index (κ1) is 17.7. The van der Waals surface area contributed by atoms with Crippen molar-refractivity contribution in [2.45, 2.75) is 33.1 Å². The van der Waals surface area contributed by atoms with E-state index in [-0.39, 0.29) is 0 Å². The fourth-order valence-electron chi connectivity index (χ4n) is 3.09. The third-order valence-electron chi connectivity index (χ3n) is 5.06. The Morgan fingerprint density at radius 3 is 2.48 bits per heavy atom. The highest BCUT2D eigenvalue weighted by Gasteiger charge is 2.11. The molecule has 1 saturated heterocycles. The minimum absolute atomic E-state index is 0.605. The number of benzene rings is 2. The van der Waals surface area contributed by atoms with Gasteiger partial charge in [-0.15, -0.1) is 0 Å². The number of hydrogen-bond acceptors (Lipinski definition) is 3. The van der Waals surface area contributed by atoms with E-state index in [1.807, 2.05) is 6.21 Å². The second kappa shape index (κ2) is 8.30. The van der Waals surface area contributed by atoms with Crippen LogP contribution in [0.4, 0.5) is 11.4 Å². The average molecular weight is 336 g/mol. The zero-order chi connectivity index (χ0) is 17.6. The Bertz CT molecular complexity index is 715. The van der Waals surface area contributed by atoms with E-state index in [0.29, 0.717) is 5.92 Å². The van der Waals surface area contributed by atoms with Gasteiger partial charge < -0.3 is 9.64 Å². The maximum atomic E-state index is 5.43. The van der Waals surface area contributed by atoms with Crippen LogP contribution in [-0.2, 0) is 4.74 Å². The quantitative estimate of drug-likeness (QED) is 0.710. The van der Waals surface area contributed by atoms with E-state index < -0.39 is 0 Å². The highest BCUT2D eigenvalue weighted by atomic mass is 16.5. The summed E-state index contributed by atoms with van der Waals surface area (Å²) in [5, 5.41) is 0. The Morgan fingerprint density at radius 1 is 1.12 bits per heavy atom. The van der Waals surface area contributed by atoms with Gasteiger partial charge in [0.2, 0.25) is 0 Å². The highest BCUT2D eigenvalue weighted by Crippen LogP contribution is 2.23. The van der Waals surface area contributed by atoms with Crippen LogP contribution in [0.15, 0.2) is 47.5 Å². The van der Waals surface area contributed by atoms with Gasteiger partial charge in [-0.1, -0.05) is 32.0 Å². The number of morpholine rings is 1. The molecule has 3 heteroatoms. The van der Waals surface area contributed by atoms with Crippen molar-refractivity contribution in [3.63, 3.8) is 0 Å². The molecule has 0 N–H and O–H groups in total. The lowest BCUT2D eigenvalue weighted by Gasteiger charge is -2.29.